The first-order valence-corrected chi connectivity index (χ1v) is 11.2. The summed E-state index contributed by atoms with van der Waals surface area (Å²) in [5.74, 6) is 0.0611. The van der Waals surface area contributed by atoms with Crippen LogP contribution in [0, 0.1) is 0 Å². The summed E-state index contributed by atoms with van der Waals surface area (Å²) in [6, 6.07) is 5.03. The minimum Gasteiger partial charge on any atom is -0.492 e. The van der Waals surface area contributed by atoms with Crippen molar-refractivity contribution in [2.75, 3.05) is 6.61 Å². The number of ether oxygens (including phenoxy) is 1. The highest BCUT2D eigenvalue weighted by Crippen LogP contribution is 2.39. The minimum atomic E-state index is -4.57. The van der Waals surface area contributed by atoms with Crippen molar-refractivity contribution in [1.29, 1.82) is 0 Å². The molecule has 0 unspecified atom stereocenters. The van der Waals surface area contributed by atoms with Crippen molar-refractivity contribution in [1.82, 2.24) is 19.4 Å². The highest BCUT2D eigenvalue weighted by Gasteiger charge is 2.40. The standard InChI is InChI=1S/C24H29F3N4O3/c1-14(2)31-13-28-20-9-18(8-19(22(20)31)24(25,26)27)34-12-17-11-23(33,10-15(3)29-17)16-5-6-30(4)21(32)7-16/h5-9,13-15,17,29,33H,10-12H2,1-4H3/t15-,17-,23-/m0/s1. The number of halogens is 3. The van der Waals surface area contributed by atoms with E-state index in [9.17, 15) is 23.1 Å². The third-order valence-corrected chi connectivity index (χ3v) is 6.35. The predicted octanol–water partition coefficient (Wildman–Crippen LogP) is 3.74. The Morgan fingerprint density at radius 1 is 1.29 bits per heavy atom. The summed E-state index contributed by atoms with van der Waals surface area (Å²) in [7, 11) is 1.63. The summed E-state index contributed by atoms with van der Waals surface area (Å²) in [6.07, 6.45) is -0.906. The van der Waals surface area contributed by atoms with Crippen molar-refractivity contribution in [3.8, 4) is 5.75 Å². The molecule has 0 radical (unpaired) electrons. The molecule has 4 rings (SSSR count). The first kappa shape index (κ1) is 24.3. The molecule has 0 amide bonds. The van der Waals surface area contributed by atoms with Crippen molar-refractivity contribution in [3.05, 3.63) is 58.3 Å². The highest BCUT2D eigenvalue weighted by molar-refractivity contribution is 5.81. The molecule has 1 saturated heterocycles. The summed E-state index contributed by atoms with van der Waals surface area (Å²) >= 11 is 0. The van der Waals surface area contributed by atoms with Gasteiger partial charge in [0.2, 0.25) is 0 Å². The van der Waals surface area contributed by atoms with Gasteiger partial charge < -0.3 is 24.3 Å². The first-order valence-electron chi connectivity index (χ1n) is 11.2. The third-order valence-electron chi connectivity index (χ3n) is 6.35. The predicted molar refractivity (Wildman–Crippen MR) is 122 cm³/mol. The number of nitrogens with zero attached hydrogens (tertiary/aromatic N) is 3. The summed E-state index contributed by atoms with van der Waals surface area (Å²) in [5, 5.41) is 14.7. The Labute approximate surface area is 195 Å². The zero-order valence-corrected chi connectivity index (χ0v) is 19.6. The average Bonchev–Trinajstić information content (AvgIpc) is 3.16. The third kappa shape index (κ3) is 4.69. The number of piperidine rings is 1. The highest BCUT2D eigenvalue weighted by atomic mass is 19.4. The molecule has 3 heterocycles. The van der Waals surface area contributed by atoms with Crippen LogP contribution in [0.3, 0.4) is 0 Å². The monoisotopic (exact) mass is 478 g/mol. The molecular formula is C24H29F3N4O3. The van der Waals surface area contributed by atoms with E-state index in [-0.39, 0.29) is 53.5 Å². The zero-order valence-electron chi connectivity index (χ0n) is 19.6. The molecule has 7 nitrogen and oxygen atoms in total. The molecule has 0 aliphatic carbocycles. The van der Waals surface area contributed by atoms with Crippen LogP contribution in [0.2, 0.25) is 0 Å². The maximum atomic E-state index is 13.8. The van der Waals surface area contributed by atoms with Crippen LogP contribution in [0.4, 0.5) is 13.2 Å². The molecule has 1 fully saturated rings. The zero-order chi connectivity index (χ0) is 24.8. The second-order valence-corrected chi connectivity index (χ2v) is 9.46. The van der Waals surface area contributed by atoms with Crippen LogP contribution < -0.4 is 15.6 Å². The van der Waals surface area contributed by atoms with E-state index in [0.29, 0.717) is 12.0 Å². The molecule has 1 aliphatic heterocycles. The second-order valence-electron chi connectivity index (χ2n) is 9.46. The summed E-state index contributed by atoms with van der Waals surface area (Å²) in [5.41, 5.74) is -1.51. The number of hydrogen-bond donors (Lipinski definition) is 2. The van der Waals surface area contributed by atoms with Gasteiger partial charge >= 0.3 is 6.18 Å². The maximum absolute atomic E-state index is 13.8. The van der Waals surface area contributed by atoms with Crippen LogP contribution in [-0.4, -0.2) is 37.9 Å². The van der Waals surface area contributed by atoms with E-state index in [1.54, 1.807) is 33.2 Å². The molecule has 0 saturated carbocycles. The van der Waals surface area contributed by atoms with Crippen molar-refractivity contribution in [3.63, 3.8) is 0 Å². The Hall–Kier alpha value is -2.85. The lowest BCUT2D eigenvalue weighted by atomic mass is 9.79. The smallest absolute Gasteiger partial charge is 0.418 e. The normalized spacial score (nSPS) is 23.6. The molecule has 34 heavy (non-hydrogen) atoms. The maximum Gasteiger partial charge on any atom is 0.418 e. The fraction of sp³-hybridized carbons (Fsp3) is 0.500. The second kappa shape index (κ2) is 8.74. The van der Waals surface area contributed by atoms with Gasteiger partial charge in [0.1, 0.15) is 12.4 Å². The average molecular weight is 479 g/mol. The van der Waals surface area contributed by atoms with Crippen LogP contribution in [-0.2, 0) is 18.8 Å². The van der Waals surface area contributed by atoms with Crippen LogP contribution >= 0.6 is 0 Å². The SMILES string of the molecule is CC(C)n1cnc2cc(OC[C@@H]3C[C@](O)(c4ccn(C)c(=O)c4)C[C@H](C)N3)cc(C(F)(F)F)c21. The van der Waals surface area contributed by atoms with Crippen LogP contribution in [0.25, 0.3) is 11.0 Å². The van der Waals surface area contributed by atoms with Gasteiger partial charge in [-0.2, -0.15) is 13.2 Å². The van der Waals surface area contributed by atoms with Crippen molar-refractivity contribution in [2.24, 2.45) is 7.05 Å². The Morgan fingerprint density at radius 3 is 2.68 bits per heavy atom. The van der Waals surface area contributed by atoms with E-state index in [4.69, 9.17) is 4.74 Å². The van der Waals surface area contributed by atoms with Gasteiger partial charge in [-0.15, -0.1) is 0 Å². The van der Waals surface area contributed by atoms with Gasteiger partial charge in [0, 0.05) is 43.5 Å². The lowest BCUT2D eigenvalue weighted by Gasteiger charge is -2.41. The number of benzene rings is 1. The number of aryl methyl sites for hydroxylation is 1. The number of rotatable bonds is 5. The lowest BCUT2D eigenvalue weighted by molar-refractivity contribution is -0.136. The first-order chi connectivity index (χ1) is 15.9. The van der Waals surface area contributed by atoms with Gasteiger partial charge in [0.05, 0.1) is 28.5 Å². The summed E-state index contributed by atoms with van der Waals surface area (Å²) in [4.78, 5) is 16.2. The van der Waals surface area contributed by atoms with E-state index >= 15 is 0 Å². The topological polar surface area (TPSA) is 81.3 Å². The van der Waals surface area contributed by atoms with E-state index in [2.05, 4.69) is 10.3 Å². The Bertz CT molecular complexity index is 1250. The number of pyridine rings is 1. The van der Waals surface area contributed by atoms with Crippen LogP contribution in [0.5, 0.6) is 5.75 Å². The van der Waals surface area contributed by atoms with Gasteiger partial charge in [-0.05, 0) is 51.3 Å². The summed E-state index contributed by atoms with van der Waals surface area (Å²) < 4.78 is 50.2. The number of hydrogen-bond acceptors (Lipinski definition) is 5. The molecule has 184 valence electrons. The van der Waals surface area contributed by atoms with Gasteiger partial charge in [0.15, 0.2) is 0 Å². The van der Waals surface area contributed by atoms with Crippen molar-refractivity contribution >= 4 is 11.0 Å². The lowest BCUT2D eigenvalue weighted by Crippen LogP contribution is -2.53. The molecule has 0 spiro atoms. The van der Waals surface area contributed by atoms with Gasteiger partial charge in [-0.3, -0.25) is 4.79 Å². The number of imidazole rings is 1. The molecule has 2 N–H and O–H groups in total. The van der Waals surface area contributed by atoms with Crippen molar-refractivity contribution < 1.29 is 23.0 Å². The largest absolute Gasteiger partial charge is 0.492 e. The van der Waals surface area contributed by atoms with Gasteiger partial charge in [-0.1, -0.05) is 0 Å². The molecule has 0 bridgehead atoms. The molecular weight excluding hydrogens is 449 g/mol. The molecule has 1 aromatic carbocycles. The molecule has 3 aromatic rings. The van der Waals surface area contributed by atoms with E-state index < -0.39 is 17.3 Å². The molecule has 1 aliphatic rings. The molecule has 3 atom stereocenters. The fourth-order valence-electron chi connectivity index (χ4n) is 4.73. The number of nitrogens with one attached hydrogen (secondary N) is 1. The van der Waals surface area contributed by atoms with Gasteiger partial charge in [-0.25, -0.2) is 4.98 Å². The number of fused-ring (bicyclic) bond motifs is 1. The van der Waals surface area contributed by atoms with Gasteiger partial charge in [0.25, 0.3) is 5.56 Å². The number of alkyl halides is 3. The molecule has 2 aromatic heterocycles. The minimum absolute atomic E-state index is 0.0271. The summed E-state index contributed by atoms with van der Waals surface area (Å²) in [6.45, 7) is 5.55. The molecule has 10 heteroatoms. The van der Waals surface area contributed by atoms with Crippen LogP contribution in [0.1, 0.15) is 50.8 Å². The number of aliphatic hydroxyl groups is 1. The fourth-order valence-corrected chi connectivity index (χ4v) is 4.73. The number of aromatic nitrogens is 3. The Balaban J connectivity index is 1.58. The quantitative estimate of drug-likeness (QED) is 0.584. The van der Waals surface area contributed by atoms with Crippen molar-refractivity contribution in [2.45, 2.75) is 63.5 Å². The Morgan fingerprint density at radius 2 is 2.03 bits per heavy atom. The van der Waals surface area contributed by atoms with Crippen LogP contribution in [0.15, 0.2) is 41.6 Å². The van der Waals surface area contributed by atoms with E-state index in [0.717, 1.165) is 6.07 Å². The Kier molecular flexibility index (Phi) is 6.24. The van der Waals surface area contributed by atoms with E-state index in [1.165, 1.54) is 27.6 Å². The van der Waals surface area contributed by atoms with E-state index in [1.807, 2.05) is 6.92 Å².